The van der Waals surface area contributed by atoms with Gasteiger partial charge in [-0.3, -0.25) is 4.79 Å². The second-order valence-corrected chi connectivity index (χ2v) is 7.36. The van der Waals surface area contributed by atoms with Crippen LogP contribution in [0.5, 0.6) is 23.0 Å². The molecule has 3 rings (SSSR count). The summed E-state index contributed by atoms with van der Waals surface area (Å²) in [5, 5.41) is 0. The van der Waals surface area contributed by atoms with Crippen molar-refractivity contribution in [2.24, 2.45) is 0 Å². The van der Waals surface area contributed by atoms with E-state index >= 15 is 0 Å². The molecule has 1 aliphatic rings. The van der Waals surface area contributed by atoms with Crippen molar-refractivity contribution in [3.8, 4) is 23.0 Å². The highest BCUT2D eigenvalue weighted by molar-refractivity contribution is 6.01. The third kappa shape index (κ3) is 5.07. The zero-order chi connectivity index (χ0) is 23.1. The standard InChI is InChI=1S/C24H29NO7/c1-28-18-10-8-16(14-20(18)30-3)22(26)23(32-24(27)25-12-6-5-7-13-25)17-9-11-19(29-2)21(15-17)31-4/h8-11,14-15,23H,5-7,12-13H2,1-4H3. The van der Waals surface area contributed by atoms with Crippen LogP contribution in [0.2, 0.25) is 0 Å². The van der Waals surface area contributed by atoms with Crippen LogP contribution in [0.25, 0.3) is 0 Å². The molecule has 0 aromatic heterocycles. The second-order valence-electron chi connectivity index (χ2n) is 7.36. The quantitative estimate of drug-likeness (QED) is 0.564. The number of likely N-dealkylation sites (tertiary alicyclic amines) is 1. The van der Waals surface area contributed by atoms with E-state index in [9.17, 15) is 9.59 Å². The average Bonchev–Trinajstić information content (AvgIpc) is 2.86. The zero-order valence-corrected chi connectivity index (χ0v) is 18.9. The summed E-state index contributed by atoms with van der Waals surface area (Å²) in [4.78, 5) is 28.0. The molecule has 2 aromatic carbocycles. The summed E-state index contributed by atoms with van der Waals surface area (Å²) in [6.07, 6.45) is 1.23. The normalized spacial score (nSPS) is 14.3. The van der Waals surface area contributed by atoms with Gasteiger partial charge in [0.05, 0.1) is 28.4 Å². The van der Waals surface area contributed by atoms with Gasteiger partial charge in [0.2, 0.25) is 5.78 Å². The van der Waals surface area contributed by atoms with Gasteiger partial charge in [0, 0.05) is 24.2 Å². The van der Waals surface area contributed by atoms with E-state index in [0.717, 1.165) is 19.3 Å². The van der Waals surface area contributed by atoms with Gasteiger partial charge in [-0.1, -0.05) is 6.07 Å². The Bertz CT molecular complexity index is 953. The molecule has 1 aliphatic heterocycles. The van der Waals surface area contributed by atoms with Gasteiger partial charge in [-0.2, -0.15) is 0 Å². The molecule has 32 heavy (non-hydrogen) atoms. The predicted octanol–water partition coefficient (Wildman–Crippen LogP) is 4.27. The Hall–Kier alpha value is -3.42. The number of hydrogen-bond acceptors (Lipinski definition) is 7. The van der Waals surface area contributed by atoms with Crippen molar-refractivity contribution in [3.05, 3.63) is 47.5 Å². The lowest BCUT2D eigenvalue weighted by atomic mass is 9.99. The number of Topliss-reactive ketones (excluding diaryl/α,β-unsaturated/α-hetero) is 1. The van der Waals surface area contributed by atoms with Crippen LogP contribution in [0, 0.1) is 0 Å². The van der Waals surface area contributed by atoms with Crippen LogP contribution in [-0.2, 0) is 4.74 Å². The average molecular weight is 443 g/mol. The molecule has 0 saturated carbocycles. The smallest absolute Gasteiger partial charge is 0.410 e. The largest absolute Gasteiger partial charge is 0.493 e. The van der Waals surface area contributed by atoms with Crippen LogP contribution in [0.3, 0.4) is 0 Å². The molecule has 8 heteroatoms. The second kappa shape index (κ2) is 10.7. The summed E-state index contributed by atoms with van der Waals surface area (Å²) in [5.74, 6) is 1.47. The molecule has 2 aromatic rings. The molecule has 0 bridgehead atoms. The van der Waals surface area contributed by atoms with Gasteiger partial charge in [-0.05, 0) is 49.6 Å². The maximum absolute atomic E-state index is 13.5. The fourth-order valence-corrected chi connectivity index (χ4v) is 3.68. The van der Waals surface area contributed by atoms with Crippen molar-refractivity contribution >= 4 is 11.9 Å². The molecule has 0 aliphatic carbocycles. The number of carbonyl (C=O) groups excluding carboxylic acids is 2. The highest BCUT2D eigenvalue weighted by Gasteiger charge is 2.30. The van der Waals surface area contributed by atoms with Gasteiger partial charge in [0.1, 0.15) is 0 Å². The number of methoxy groups -OCH3 is 4. The van der Waals surface area contributed by atoms with Crippen LogP contribution < -0.4 is 18.9 Å². The molecule has 0 radical (unpaired) electrons. The Balaban J connectivity index is 1.97. The number of ether oxygens (including phenoxy) is 5. The number of ketones is 1. The van der Waals surface area contributed by atoms with E-state index in [2.05, 4.69) is 0 Å². The van der Waals surface area contributed by atoms with Crippen molar-refractivity contribution in [2.75, 3.05) is 41.5 Å². The minimum atomic E-state index is -1.16. The lowest BCUT2D eigenvalue weighted by Crippen LogP contribution is -2.37. The summed E-state index contributed by atoms with van der Waals surface area (Å²) >= 11 is 0. The van der Waals surface area contributed by atoms with Gasteiger partial charge < -0.3 is 28.6 Å². The number of piperidine rings is 1. The fourth-order valence-electron chi connectivity index (χ4n) is 3.68. The number of hydrogen-bond donors (Lipinski definition) is 0. The number of amides is 1. The van der Waals surface area contributed by atoms with Crippen LogP contribution >= 0.6 is 0 Å². The Kier molecular flexibility index (Phi) is 7.81. The van der Waals surface area contributed by atoms with Gasteiger partial charge >= 0.3 is 6.09 Å². The van der Waals surface area contributed by atoms with E-state index in [1.807, 2.05) is 0 Å². The van der Waals surface area contributed by atoms with E-state index in [4.69, 9.17) is 23.7 Å². The van der Waals surface area contributed by atoms with E-state index in [1.165, 1.54) is 28.4 Å². The first-order chi connectivity index (χ1) is 15.5. The van der Waals surface area contributed by atoms with Gasteiger partial charge in [-0.25, -0.2) is 4.79 Å². The fraction of sp³-hybridized carbons (Fsp3) is 0.417. The highest BCUT2D eigenvalue weighted by Crippen LogP contribution is 2.35. The first kappa shape index (κ1) is 23.2. The summed E-state index contributed by atoms with van der Waals surface area (Å²) < 4.78 is 27.0. The monoisotopic (exact) mass is 443 g/mol. The van der Waals surface area contributed by atoms with Gasteiger partial charge in [-0.15, -0.1) is 0 Å². The van der Waals surface area contributed by atoms with E-state index in [1.54, 1.807) is 41.3 Å². The summed E-state index contributed by atoms with van der Waals surface area (Å²) in [7, 11) is 6.05. The Morgan fingerprint density at radius 1 is 0.750 bits per heavy atom. The predicted molar refractivity (Wildman–Crippen MR) is 118 cm³/mol. The first-order valence-electron chi connectivity index (χ1n) is 10.5. The van der Waals surface area contributed by atoms with Crippen molar-refractivity contribution in [1.82, 2.24) is 4.90 Å². The van der Waals surface area contributed by atoms with Crippen LogP contribution in [-0.4, -0.2) is 58.3 Å². The molecule has 0 spiro atoms. The number of rotatable bonds is 8. The van der Waals surface area contributed by atoms with Crippen LogP contribution in [0.1, 0.15) is 41.3 Å². The molecule has 8 nitrogen and oxygen atoms in total. The Morgan fingerprint density at radius 2 is 1.31 bits per heavy atom. The Labute approximate surface area is 188 Å². The molecular formula is C24H29NO7. The van der Waals surface area contributed by atoms with Crippen LogP contribution in [0.4, 0.5) is 4.79 Å². The van der Waals surface area contributed by atoms with Crippen molar-refractivity contribution in [3.63, 3.8) is 0 Å². The van der Waals surface area contributed by atoms with Crippen LogP contribution in [0.15, 0.2) is 36.4 Å². The minimum absolute atomic E-state index is 0.328. The Morgan fingerprint density at radius 3 is 1.91 bits per heavy atom. The minimum Gasteiger partial charge on any atom is -0.493 e. The van der Waals surface area contributed by atoms with Gasteiger partial charge in [0.15, 0.2) is 29.1 Å². The highest BCUT2D eigenvalue weighted by atomic mass is 16.6. The SMILES string of the molecule is COc1ccc(C(=O)C(OC(=O)N2CCCCC2)c2ccc(OC)c(OC)c2)cc1OC. The van der Waals surface area contributed by atoms with E-state index in [0.29, 0.717) is 47.2 Å². The summed E-state index contributed by atoms with van der Waals surface area (Å²) in [6.45, 7) is 1.23. The maximum Gasteiger partial charge on any atom is 0.410 e. The number of carbonyl (C=O) groups is 2. The molecular weight excluding hydrogens is 414 g/mol. The molecule has 1 amide bonds. The molecule has 1 heterocycles. The van der Waals surface area contributed by atoms with Crippen molar-refractivity contribution in [2.45, 2.75) is 25.4 Å². The maximum atomic E-state index is 13.5. The molecule has 1 atom stereocenters. The number of benzene rings is 2. The molecule has 0 N–H and O–H groups in total. The first-order valence-corrected chi connectivity index (χ1v) is 10.5. The van der Waals surface area contributed by atoms with Crippen molar-refractivity contribution in [1.29, 1.82) is 0 Å². The molecule has 172 valence electrons. The lowest BCUT2D eigenvalue weighted by molar-refractivity contribution is 0.0458. The van der Waals surface area contributed by atoms with Gasteiger partial charge in [0.25, 0.3) is 0 Å². The molecule has 1 unspecified atom stereocenters. The van der Waals surface area contributed by atoms with E-state index in [-0.39, 0.29) is 5.78 Å². The molecule has 1 saturated heterocycles. The third-order valence-electron chi connectivity index (χ3n) is 5.45. The van der Waals surface area contributed by atoms with Crippen molar-refractivity contribution < 1.29 is 33.3 Å². The summed E-state index contributed by atoms with van der Waals surface area (Å²) in [6, 6.07) is 9.84. The third-order valence-corrected chi connectivity index (χ3v) is 5.45. The van der Waals surface area contributed by atoms with E-state index < -0.39 is 12.2 Å². The number of nitrogens with zero attached hydrogens (tertiary/aromatic N) is 1. The zero-order valence-electron chi connectivity index (χ0n) is 18.9. The topological polar surface area (TPSA) is 83.5 Å². The lowest BCUT2D eigenvalue weighted by Gasteiger charge is -2.28. The molecule has 1 fully saturated rings. The summed E-state index contributed by atoms with van der Waals surface area (Å²) in [5.41, 5.74) is 0.807.